The molecule has 0 aromatic heterocycles. The number of benzene rings is 1. The van der Waals surface area contributed by atoms with Crippen LogP contribution in [0.5, 0.6) is 0 Å². The predicted octanol–water partition coefficient (Wildman–Crippen LogP) is 1.53. The van der Waals surface area contributed by atoms with Crippen LogP contribution < -0.4 is 5.32 Å². The molecule has 0 unspecified atom stereocenters. The summed E-state index contributed by atoms with van der Waals surface area (Å²) in [7, 11) is -2.85. The van der Waals surface area contributed by atoms with E-state index in [9.17, 15) is 8.42 Å². The van der Waals surface area contributed by atoms with Gasteiger partial charge in [0.1, 0.15) is 0 Å². The van der Waals surface area contributed by atoms with Crippen LogP contribution in [0.15, 0.2) is 30.3 Å². The largest absolute Gasteiger partial charge is 0.384 e. The lowest BCUT2D eigenvalue weighted by Gasteiger charge is -2.05. The van der Waals surface area contributed by atoms with E-state index in [-0.39, 0.29) is 11.5 Å². The third-order valence-electron chi connectivity index (χ3n) is 1.96. The van der Waals surface area contributed by atoms with Crippen LogP contribution in [-0.4, -0.2) is 26.5 Å². The summed E-state index contributed by atoms with van der Waals surface area (Å²) in [6.45, 7) is 2.14. The number of hydrogen-bond acceptors (Lipinski definition) is 3. The Labute approximate surface area is 85.1 Å². The maximum atomic E-state index is 11.1. The van der Waals surface area contributed by atoms with Gasteiger partial charge >= 0.3 is 0 Å². The zero-order chi connectivity index (χ0) is 10.4. The van der Waals surface area contributed by atoms with Gasteiger partial charge in [0.25, 0.3) is 0 Å². The molecule has 1 aromatic rings. The summed E-state index contributed by atoms with van der Waals surface area (Å²) in [5, 5.41) is 3.06. The van der Waals surface area contributed by atoms with E-state index in [1.807, 2.05) is 30.3 Å². The van der Waals surface area contributed by atoms with E-state index in [1.165, 1.54) is 0 Å². The van der Waals surface area contributed by atoms with Crippen LogP contribution in [0.3, 0.4) is 0 Å². The fraction of sp³-hybridized carbons (Fsp3) is 0.400. The van der Waals surface area contributed by atoms with Gasteiger partial charge in [0, 0.05) is 18.0 Å². The molecule has 0 aliphatic rings. The van der Waals surface area contributed by atoms with Gasteiger partial charge in [0.05, 0.1) is 5.75 Å². The Kier molecular flexibility index (Phi) is 3.95. The molecular formula is C10H15NO2S. The Bertz CT molecular complexity index is 359. The molecule has 14 heavy (non-hydrogen) atoms. The quantitative estimate of drug-likeness (QED) is 0.807. The third kappa shape index (κ3) is 3.79. The Morgan fingerprint density at radius 1 is 1.21 bits per heavy atom. The molecule has 0 aliphatic carbocycles. The number of anilines is 1. The Morgan fingerprint density at radius 3 is 2.43 bits per heavy atom. The molecule has 0 amide bonds. The highest BCUT2D eigenvalue weighted by molar-refractivity contribution is 7.91. The van der Waals surface area contributed by atoms with Gasteiger partial charge in [-0.2, -0.15) is 0 Å². The predicted molar refractivity (Wildman–Crippen MR) is 59.3 cm³/mol. The van der Waals surface area contributed by atoms with Crippen molar-refractivity contribution in [3.63, 3.8) is 0 Å². The first-order valence-corrected chi connectivity index (χ1v) is 6.45. The van der Waals surface area contributed by atoms with E-state index in [2.05, 4.69) is 5.32 Å². The van der Waals surface area contributed by atoms with Crippen molar-refractivity contribution in [3.8, 4) is 0 Å². The van der Waals surface area contributed by atoms with Crippen molar-refractivity contribution in [2.75, 3.05) is 23.4 Å². The number of sulfone groups is 1. The van der Waals surface area contributed by atoms with E-state index in [0.717, 1.165) is 5.69 Å². The normalized spacial score (nSPS) is 11.2. The number of nitrogens with one attached hydrogen (secondary N) is 1. The smallest absolute Gasteiger partial charge is 0.151 e. The molecule has 4 heteroatoms. The van der Waals surface area contributed by atoms with Gasteiger partial charge in [-0.25, -0.2) is 8.42 Å². The molecule has 0 saturated heterocycles. The van der Waals surface area contributed by atoms with Gasteiger partial charge in [-0.3, -0.25) is 0 Å². The zero-order valence-corrected chi connectivity index (χ0v) is 9.05. The molecule has 0 bridgehead atoms. The van der Waals surface area contributed by atoms with E-state index in [0.29, 0.717) is 6.54 Å². The van der Waals surface area contributed by atoms with Gasteiger partial charge < -0.3 is 5.32 Å². The van der Waals surface area contributed by atoms with E-state index >= 15 is 0 Å². The van der Waals surface area contributed by atoms with Crippen molar-refractivity contribution in [2.45, 2.75) is 6.92 Å². The standard InChI is InChI=1S/C10H15NO2S/c1-2-14(12,13)9-8-11-10-6-4-3-5-7-10/h3-7,11H,2,8-9H2,1H3. The number of rotatable bonds is 5. The first kappa shape index (κ1) is 11.0. The molecule has 0 heterocycles. The molecule has 1 N–H and O–H groups in total. The van der Waals surface area contributed by atoms with E-state index in [1.54, 1.807) is 6.92 Å². The molecule has 0 fully saturated rings. The topological polar surface area (TPSA) is 46.2 Å². The monoisotopic (exact) mass is 213 g/mol. The summed E-state index contributed by atoms with van der Waals surface area (Å²) in [6, 6.07) is 9.58. The average Bonchev–Trinajstić information content (AvgIpc) is 2.19. The highest BCUT2D eigenvalue weighted by Crippen LogP contribution is 2.04. The highest BCUT2D eigenvalue weighted by Gasteiger charge is 2.05. The second kappa shape index (κ2) is 5.00. The lowest BCUT2D eigenvalue weighted by Crippen LogP contribution is -2.17. The second-order valence-corrected chi connectivity index (χ2v) is 5.50. The van der Waals surface area contributed by atoms with Crippen molar-refractivity contribution in [1.29, 1.82) is 0 Å². The van der Waals surface area contributed by atoms with Crippen molar-refractivity contribution in [3.05, 3.63) is 30.3 Å². The van der Waals surface area contributed by atoms with Crippen LogP contribution in [0.1, 0.15) is 6.92 Å². The Morgan fingerprint density at radius 2 is 1.86 bits per heavy atom. The maximum Gasteiger partial charge on any atom is 0.151 e. The first-order chi connectivity index (χ1) is 6.64. The van der Waals surface area contributed by atoms with Crippen molar-refractivity contribution < 1.29 is 8.42 Å². The van der Waals surface area contributed by atoms with Gasteiger partial charge in [0.15, 0.2) is 9.84 Å². The molecular weight excluding hydrogens is 198 g/mol. The molecule has 0 saturated carbocycles. The van der Waals surface area contributed by atoms with Crippen LogP contribution in [-0.2, 0) is 9.84 Å². The minimum absolute atomic E-state index is 0.193. The van der Waals surface area contributed by atoms with Crippen LogP contribution in [0, 0.1) is 0 Å². The van der Waals surface area contributed by atoms with E-state index < -0.39 is 9.84 Å². The fourth-order valence-corrected chi connectivity index (χ4v) is 1.75. The van der Waals surface area contributed by atoms with E-state index in [4.69, 9.17) is 0 Å². The SMILES string of the molecule is CCS(=O)(=O)CCNc1ccccc1. The molecule has 0 spiro atoms. The first-order valence-electron chi connectivity index (χ1n) is 4.63. The summed E-state index contributed by atoms with van der Waals surface area (Å²) >= 11 is 0. The van der Waals surface area contributed by atoms with Crippen LogP contribution in [0.2, 0.25) is 0 Å². The fourth-order valence-electron chi connectivity index (χ4n) is 1.05. The van der Waals surface area contributed by atoms with Crippen LogP contribution in [0.25, 0.3) is 0 Å². The molecule has 3 nitrogen and oxygen atoms in total. The summed E-state index contributed by atoms with van der Waals surface area (Å²) in [5.41, 5.74) is 0.957. The molecule has 0 radical (unpaired) electrons. The Hall–Kier alpha value is -1.03. The average molecular weight is 213 g/mol. The van der Waals surface area contributed by atoms with Gasteiger partial charge in [-0.1, -0.05) is 25.1 Å². The van der Waals surface area contributed by atoms with Gasteiger partial charge in [-0.05, 0) is 12.1 Å². The van der Waals surface area contributed by atoms with Gasteiger partial charge in [-0.15, -0.1) is 0 Å². The molecule has 1 aromatic carbocycles. The van der Waals surface area contributed by atoms with Crippen LogP contribution in [0.4, 0.5) is 5.69 Å². The third-order valence-corrected chi connectivity index (χ3v) is 3.66. The van der Waals surface area contributed by atoms with Crippen molar-refractivity contribution in [2.24, 2.45) is 0 Å². The Balaban J connectivity index is 2.37. The number of hydrogen-bond donors (Lipinski definition) is 1. The summed E-state index contributed by atoms with van der Waals surface area (Å²) in [4.78, 5) is 0. The maximum absolute atomic E-state index is 11.1. The zero-order valence-electron chi connectivity index (χ0n) is 8.23. The van der Waals surface area contributed by atoms with Crippen molar-refractivity contribution in [1.82, 2.24) is 0 Å². The van der Waals surface area contributed by atoms with Crippen molar-refractivity contribution >= 4 is 15.5 Å². The second-order valence-electron chi connectivity index (χ2n) is 3.03. The molecule has 0 atom stereocenters. The minimum Gasteiger partial charge on any atom is -0.384 e. The summed E-state index contributed by atoms with van der Waals surface area (Å²) < 4.78 is 22.3. The molecule has 1 rings (SSSR count). The van der Waals surface area contributed by atoms with Crippen LogP contribution >= 0.6 is 0 Å². The van der Waals surface area contributed by atoms with Gasteiger partial charge in [0.2, 0.25) is 0 Å². The molecule has 78 valence electrons. The number of para-hydroxylation sites is 1. The highest BCUT2D eigenvalue weighted by atomic mass is 32.2. The summed E-state index contributed by atoms with van der Waals surface area (Å²) in [6.07, 6.45) is 0. The summed E-state index contributed by atoms with van der Waals surface area (Å²) in [5.74, 6) is 0.405. The molecule has 0 aliphatic heterocycles. The lowest BCUT2D eigenvalue weighted by atomic mass is 10.3. The lowest BCUT2D eigenvalue weighted by molar-refractivity contribution is 0.597. The minimum atomic E-state index is -2.85.